The third-order valence-corrected chi connectivity index (χ3v) is 4.55. The number of aliphatic hydroxyl groups is 1. The summed E-state index contributed by atoms with van der Waals surface area (Å²) < 4.78 is 77.7. The van der Waals surface area contributed by atoms with Gasteiger partial charge < -0.3 is 19.2 Å². The van der Waals surface area contributed by atoms with Gasteiger partial charge >= 0.3 is 19.4 Å². The van der Waals surface area contributed by atoms with Crippen molar-refractivity contribution in [2.24, 2.45) is 0 Å². The van der Waals surface area contributed by atoms with Crippen LogP contribution in [0.3, 0.4) is 0 Å². The van der Waals surface area contributed by atoms with E-state index in [4.69, 9.17) is 9.31 Å². The van der Waals surface area contributed by atoms with E-state index >= 15 is 0 Å². The molecule has 27 heavy (non-hydrogen) atoms. The lowest BCUT2D eigenvalue weighted by Gasteiger charge is -2.32. The van der Waals surface area contributed by atoms with Crippen molar-refractivity contribution >= 4 is 13.2 Å². The standard InChI is InChI=1S/C17H20BF5O4/c1-14(2)15(3,4)27-18(26-14)12(10-24)9-11-5-7-13(8-6-11)25-17(22,23)16(19,20)21/h5-9,24H,10H2,1-4H3. The van der Waals surface area contributed by atoms with Crippen molar-refractivity contribution in [3.8, 4) is 5.75 Å². The zero-order chi connectivity index (χ0) is 20.7. The maximum Gasteiger partial charge on any atom is 0.499 e. The van der Waals surface area contributed by atoms with Crippen LogP contribution in [0.4, 0.5) is 22.0 Å². The summed E-state index contributed by atoms with van der Waals surface area (Å²) in [6.07, 6.45) is -9.59. The minimum Gasteiger partial charge on any atom is -0.426 e. The zero-order valence-electron chi connectivity index (χ0n) is 15.2. The van der Waals surface area contributed by atoms with Crippen LogP contribution in [0.5, 0.6) is 5.75 Å². The highest BCUT2D eigenvalue weighted by Gasteiger charge is 2.61. The van der Waals surface area contributed by atoms with Gasteiger partial charge in [-0.3, -0.25) is 0 Å². The fraction of sp³-hybridized carbons (Fsp3) is 0.529. The summed E-state index contributed by atoms with van der Waals surface area (Å²) >= 11 is 0. The number of aliphatic hydroxyl groups excluding tert-OH is 1. The minimum atomic E-state index is -5.81. The van der Waals surface area contributed by atoms with E-state index in [1.54, 1.807) is 0 Å². The first-order chi connectivity index (χ1) is 12.2. The van der Waals surface area contributed by atoms with Gasteiger partial charge in [-0.05, 0) is 50.9 Å². The molecule has 1 saturated heterocycles. The van der Waals surface area contributed by atoms with Crippen molar-refractivity contribution in [1.29, 1.82) is 0 Å². The van der Waals surface area contributed by atoms with E-state index in [-0.39, 0.29) is 6.61 Å². The van der Waals surface area contributed by atoms with Gasteiger partial charge in [0.15, 0.2) is 0 Å². The number of alkyl halides is 5. The predicted octanol–water partition coefficient (Wildman–Crippen LogP) is 4.23. The molecule has 0 aliphatic carbocycles. The number of ether oxygens (including phenoxy) is 1. The molecule has 0 spiro atoms. The highest BCUT2D eigenvalue weighted by Crippen LogP contribution is 2.39. The summed E-state index contributed by atoms with van der Waals surface area (Å²) in [5.74, 6) is -0.643. The minimum absolute atomic E-state index is 0.378. The molecule has 10 heteroatoms. The van der Waals surface area contributed by atoms with Crippen molar-refractivity contribution in [3.63, 3.8) is 0 Å². The first kappa shape index (κ1) is 21.7. The Morgan fingerprint density at radius 3 is 1.93 bits per heavy atom. The van der Waals surface area contributed by atoms with Crippen molar-refractivity contribution in [3.05, 3.63) is 35.3 Å². The molecule has 0 unspecified atom stereocenters. The van der Waals surface area contributed by atoms with E-state index in [2.05, 4.69) is 4.74 Å². The van der Waals surface area contributed by atoms with Crippen molar-refractivity contribution < 1.29 is 41.1 Å². The van der Waals surface area contributed by atoms with Crippen LogP contribution in [0.1, 0.15) is 33.3 Å². The van der Waals surface area contributed by atoms with E-state index in [1.165, 1.54) is 18.2 Å². The Hall–Kier alpha value is -1.65. The molecule has 1 fully saturated rings. The van der Waals surface area contributed by atoms with Crippen LogP contribution < -0.4 is 4.74 Å². The molecule has 150 valence electrons. The van der Waals surface area contributed by atoms with Crippen LogP contribution in [0.15, 0.2) is 29.7 Å². The summed E-state index contributed by atoms with van der Waals surface area (Å²) in [4.78, 5) is 0. The second kappa shape index (κ2) is 7.07. The normalized spacial score (nSPS) is 20.1. The SMILES string of the molecule is CC1(C)OB(C(=Cc2ccc(OC(F)(F)C(F)(F)F)cc2)CO)OC1(C)C. The fourth-order valence-electron chi connectivity index (χ4n) is 2.23. The summed E-state index contributed by atoms with van der Waals surface area (Å²) in [5, 5.41) is 9.61. The summed E-state index contributed by atoms with van der Waals surface area (Å²) in [6.45, 7) is 6.98. The van der Waals surface area contributed by atoms with Gasteiger partial charge in [0.05, 0.1) is 17.8 Å². The Morgan fingerprint density at radius 2 is 1.52 bits per heavy atom. The Balaban J connectivity index is 2.17. The quantitative estimate of drug-likeness (QED) is 0.600. The number of benzene rings is 1. The van der Waals surface area contributed by atoms with E-state index in [9.17, 15) is 27.1 Å². The smallest absolute Gasteiger partial charge is 0.426 e. The first-order valence-corrected chi connectivity index (χ1v) is 8.09. The molecule has 1 aromatic carbocycles. The van der Waals surface area contributed by atoms with Crippen LogP contribution >= 0.6 is 0 Å². The third kappa shape index (κ3) is 4.61. The molecule has 0 atom stereocenters. The molecule has 0 radical (unpaired) electrons. The van der Waals surface area contributed by atoms with E-state index in [0.29, 0.717) is 11.0 Å². The molecule has 1 aliphatic heterocycles. The molecule has 0 saturated carbocycles. The Labute approximate surface area is 154 Å². The lowest BCUT2D eigenvalue weighted by molar-refractivity contribution is -0.360. The van der Waals surface area contributed by atoms with Gasteiger partial charge in [0.1, 0.15) is 5.75 Å². The van der Waals surface area contributed by atoms with Crippen LogP contribution in [0, 0.1) is 0 Å². The maximum atomic E-state index is 12.9. The molecular formula is C17H20BF5O4. The lowest BCUT2D eigenvalue weighted by Crippen LogP contribution is -2.41. The average molecular weight is 394 g/mol. The highest BCUT2D eigenvalue weighted by atomic mass is 19.4. The van der Waals surface area contributed by atoms with Crippen LogP contribution in [-0.4, -0.2) is 42.3 Å². The Kier molecular flexibility index (Phi) is 5.67. The van der Waals surface area contributed by atoms with Crippen LogP contribution in [0.25, 0.3) is 6.08 Å². The van der Waals surface area contributed by atoms with Crippen molar-refractivity contribution in [2.45, 2.75) is 51.2 Å². The lowest BCUT2D eigenvalue weighted by atomic mass is 9.77. The van der Waals surface area contributed by atoms with Gasteiger partial charge in [-0.25, -0.2) is 0 Å². The number of hydrogen-bond donors (Lipinski definition) is 1. The Morgan fingerprint density at radius 1 is 1.04 bits per heavy atom. The van der Waals surface area contributed by atoms with Gasteiger partial charge in [-0.2, -0.15) is 22.0 Å². The largest absolute Gasteiger partial charge is 0.499 e. The molecular weight excluding hydrogens is 374 g/mol. The number of rotatable bonds is 5. The summed E-state index contributed by atoms with van der Waals surface area (Å²) in [6, 6.07) is 4.51. The van der Waals surface area contributed by atoms with E-state index < -0.39 is 36.4 Å². The summed E-state index contributed by atoms with van der Waals surface area (Å²) in [5.41, 5.74) is -0.418. The zero-order valence-corrected chi connectivity index (χ0v) is 15.2. The number of halogens is 5. The van der Waals surface area contributed by atoms with Gasteiger partial charge in [0.25, 0.3) is 0 Å². The van der Waals surface area contributed by atoms with Crippen LogP contribution in [0.2, 0.25) is 0 Å². The fourth-order valence-corrected chi connectivity index (χ4v) is 2.23. The van der Waals surface area contributed by atoms with Crippen molar-refractivity contribution in [2.75, 3.05) is 6.61 Å². The van der Waals surface area contributed by atoms with E-state index in [0.717, 1.165) is 12.1 Å². The highest BCUT2D eigenvalue weighted by molar-refractivity contribution is 6.55. The monoisotopic (exact) mass is 394 g/mol. The van der Waals surface area contributed by atoms with E-state index in [1.807, 2.05) is 27.7 Å². The molecule has 4 nitrogen and oxygen atoms in total. The first-order valence-electron chi connectivity index (χ1n) is 8.09. The molecule has 0 bridgehead atoms. The van der Waals surface area contributed by atoms with Gasteiger partial charge in [0.2, 0.25) is 0 Å². The topological polar surface area (TPSA) is 47.9 Å². The third-order valence-electron chi connectivity index (χ3n) is 4.55. The second-order valence-electron chi connectivity index (χ2n) is 7.15. The van der Waals surface area contributed by atoms with Crippen LogP contribution in [-0.2, 0) is 9.31 Å². The maximum absolute atomic E-state index is 12.9. The second-order valence-corrected chi connectivity index (χ2v) is 7.15. The molecule has 1 N–H and O–H groups in total. The molecule has 1 aromatic rings. The average Bonchev–Trinajstić information content (AvgIpc) is 2.73. The molecule has 0 aromatic heterocycles. The molecule has 2 rings (SSSR count). The summed E-state index contributed by atoms with van der Waals surface area (Å²) in [7, 11) is -0.814. The van der Waals surface area contributed by atoms with Gasteiger partial charge in [-0.15, -0.1) is 0 Å². The molecule has 0 amide bonds. The molecule has 1 heterocycles. The van der Waals surface area contributed by atoms with Gasteiger partial charge in [-0.1, -0.05) is 18.2 Å². The van der Waals surface area contributed by atoms with Crippen molar-refractivity contribution in [1.82, 2.24) is 0 Å². The predicted molar refractivity (Wildman–Crippen MR) is 89.2 cm³/mol. The van der Waals surface area contributed by atoms with Gasteiger partial charge in [0, 0.05) is 0 Å². The molecule has 1 aliphatic rings. The number of hydrogen-bond acceptors (Lipinski definition) is 4. The Bertz CT molecular complexity index is 682.